The predicted molar refractivity (Wildman–Crippen MR) is 88.5 cm³/mol. The highest BCUT2D eigenvalue weighted by Gasteiger charge is 2.09. The SMILES string of the molecule is OCCn1nc(-c2ccccc2)cc1NCc1ccccc1. The third kappa shape index (κ3) is 3.35. The van der Waals surface area contributed by atoms with Crippen molar-refractivity contribution in [2.24, 2.45) is 0 Å². The summed E-state index contributed by atoms with van der Waals surface area (Å²) in [5.74, 6) is 0.914. The average molecular weight is 293 g/mol. The van der Waals surface area contributed by atoms with E-state index in [0.717, 1.165) is 23.6 Å². The summed E-state index contributed by atoms with van der Waals surface area (Å²) >= 11 is 0. The number of aromatic nitrogens is 2. The Balaban J connectivity index is 1.81. The molecule has 1 aromatic heterocycles. The van der Waals surface area contributed by atoms with Gasteiger partial charge in [-0.25, -0.2) is 4.68 Å². The minimum atomic E-state index is 0.0654. The van der Waals surface area contributed by atoms with Crippen LogP contribution in [0.2, 0.25) is 0 Å². The summed E-state index contributed by atoms with van der Waals surface area (Å²) in [4.78, 5) is 0. The van der Waals surface area contributed by atoms with Gasteiger partial charge >= 0.3 is 0 Å². The van der Waals surface area contributed by atoms with E-state index in [1.54, 1.807) is 0 Å². The third-order valence-electron chi connectivity index (χ3n) is 3.48. The lowest BCUT2D eigenvalue weighted by molar-refractivity contribution is 0.270. The van der Waals surface area contributed by atoms with E-state index < -0.39 is 0 Å². The topological polar surface area (TPSA) is 50.1 Å². The molecule has 0 unspecified atom stereocenters. The number of benzene rings is 2. The summed E-state index contributed by atoms with van der Waals surface area (Å²) < 4.78 is 1.81. The molecule has 0 bridgehead atoms. The highest BCUT2D eigenvalue weighted by Crippen LogP contribution is 2.22. The molecule has 1 heterocycles. The number of anilines is 1. The molecule has 0 spiro atoms. The second-order valence-electron chi connectivity index (χ2n) is 5.07. The molecular weight excluding hydrogens is 274 g/mol. The second-order valence-corrected chi connectivity index (χ2v) is 5.07. The van der Waals surface area contributed by atoms with E-state index in [2.05, 4.69) is 22.5 Å². The van der Waals surface area contributed by atoms with Crippen molar-refractivity contribution in [1.29, 1.82) is 0 Å². The van der Waals surface area contributed by atoms with Crippen molar-refractivity contribution in [2.75, 3.05) is 11.9 Å². The van der Waals surface area contributed by atoms with Gasteiger partial charge in [0.25, 0.3) is 0 Å². The van der Waals surface area contributed by atoms with Crippen LogP contribution in [0.3, 0.4) is 0 Å². The van der Waals surface area contributed by atoms with Gasteiger partial charge in [-0.3, -0.25) is 0 Å². The van der Waals surface area contributed by atoms with E-state index in [-0.39, 0.29) is 6.61 Å². The van der Waals surface area contributed by atoms with Gasteiger partial charge in [0.15, 0.2) is 0 Å². The van der Waals surface area contributed by atoms with Crippen LogP contribution in [0.1, 0.15) is 5.56 Å². The molecule has 0 fully saturated rings. The van der Waals surface area contributed by atoms with Crippen LogP contribution in [0.15, 0.2) is 66.7 Å². The zero-order chi connectivity index (χ0) is 15.2. The predicted octanol–water partition coefficient (Wildman–Crippen LogP) is 3.15. The second kappa shape index (κ2) is 6.91. The van der Waals surface area contributed by atoms with Crippen LogP contribution in [0.5, 0.6) is 0 Å². The molecule has 0 aliphatic carbocycles. The minimum absolute atomic E-state index is 0.0654. The maximum absolute atomic E-state index is 9.22. The fourth-order valence-corrected chi connectivity index (χ4v) is 2.36. The van der Waals surface area contributed by atoms with E-state index in [0.29, 0.717) is 6.54 Å². The molecule has 0 aliphatic rings. The van der Waals surface area contributed by atoms with Crippen LogP contribution in [-0.4, -0.2) is 21.5 Å². The minimum Gasteiger partial charge on any atom is -0.394 e. The van der Waals surface area contributed by atoms with Crippen molar-refractivity contribution in [3.8, 4) is 11.3 Å². The standard InChI is InChI=1S/C18H19N3O/c22-12-11-21-18(19-14-15-7-3-1-4-8-15)13-17(20-21)16-9-5-2-6-10-16/h1-10,13,19,22H,11-12,14H2. The van der Waals surface area contributed by atoms with Gasteiger partial charge in [-0.05, 0) is 5.56 Å². The normalized spacial score (nSPS) is 10.6. The summed E-state index contributed by atoms with van der Waals surface area (Å²) in [5.41, 5.74) is 3.19. The maximum atomic E-state index is 9.22. The number of aliphatic hydroxyl groups excluding tert-OH is 1. The molecule has 22 heavy (non-hydrogen) atoms. The first kappa shape index (κ1) is 14.4. The Morgan fingerprint density at radius 3 is 2.32 bits per heavy atom. The van der Waals surface area contributed by atoms with E-state index >= 15 is 0 Å². The van der Waals surface area contributed by atoms with E-state index in [9.17, 15) is 5.11 Å². The molecule has 2 N–H and O–H groups in total. The molecule has 2 aromatic carbocycles. The first-order valence-corrected chi connectivity index (χ1v) is 7.39. The van der Waals surface area contributed by atoms with Crippen LogP contribution in [0.4, 0.5) is 5.82 Å². The monoisotopic (exact) mass is 293 g/mol. The first-order valence-electron chi connectivity index (χ1n) is 7.39. The lowest BCUT2D eigenvalue weighted by atomic mass is 10.1. The fourth-order valence-electron chi connectivity index (χ4n) is 2.36. The highest BCUT2D eigenvalue weighted by atomic mass is 16.3. The van der Waals surface area contributed by atoms with Crippen molar-refractivity contribution >= 4 is 5.82 Å². The Morgan fingerprint density at radius 2 is 1.64 bits per heavy atom. The zero-order valence-corrected chi connectivity index (χ0v) is 12.3. The average Bonchev–Trinajstić information content (AvgIpc) is 2.98. The quantitative estimate of drug-likeness (QED) is 0.734. The molecule has 3 aromatic rings. The van der Waals surface area contributed by atoms with E-state index in [1.807, 2.05) is 59.3 Å². The molecule has 0 saturated heterocycles. The first-order chi connectivity index (χ1) is 10.9. The number of nitrogens with zero attached hydrogens (tertiary/aromatic N) is 2. The van der Waals surface area contributed by atoms with Crippen LogP contribution in [0.25, 0.3) is 11.3 Å². The molecular formula is C18H19N3O. The maximum Gasteiger partial charge on any atom is 0.125 e. The number of hydrogen-bond acceptors (Lipinski definition) is 3. The van der Waals surface area contributed by atoms with Crippen LogP contribution >= 0.6 is 0 Å². The van der Waals surface area contributed by atoms with Gasteiger partial charge in [0.1, 0.15) is 5.82 Å². The summed E-state index contributed by atoms with van der Waals surface area (Å²) in [6.45, 7) is 1.27. The smallest absolute Gasteiger partial charge is 0.125 e. The Labute approximate surface area is 130 Å². The molecule has 0 radical (unpaired) electrons. The van der Waals surface area contributed by atoms with Gasteiger partial charge in [0.2, 0.25) is 0 Å². The Hall–Kier alpha value is -2.59. The van der Waals surface area contributed by atoms with Crippen LogP contribution in [0, 0.1) is 0 Å². The Bertz CT molecular complexity index is 708. The van der Waals surface area contributed by atoms with Gasteiger partial charge in [0.05, 0.1) is 18.8 Å². The Morgan fingerprint density at radius 1 is 0.955 bits per heavy atom. The number of aliphatic hydroxyl groups is 1. The van der Waals surface area contributed by atoms with Crippen LogP contribution < -0.4 is 5.32 Å². The summed E-state index contributed by atoms with van der Waals surface area (Å²) in [6, 6.07) is 22.3. The Kier molecular flexibility index (Phi) is 4.51. The molecule has 0 aliphatic heterocycles. The lowest BCUT2D eigenvalue weighted by Gasteiger charge is -2.08. The largest absolute Gasteiger partial charge is 0.394 e. The zero-order valence-electron chi connectivity index (χ0n) is 12.3. The number of hydrogen-bond donors (Lipinski definition) is 2. The lowest BCUT2D eigenvalue weighted by Crippen LogP contribution is -2.10. The molecule has 3 rings (SSSR count). The van der Waals surface area contributed by atoms with Gasteiger partial charge in [0, 0.05) is 18.2 Å². The third-order valence-corrected chi connectivity index (χ3v) is 3.48. The molecule has 0 saturated carbocycles. The van der Waals surface area contributed by atoms with Gasteiger partial charge in [-0.2, -0.15) is 5.10 Å². The summed E-state index contributed by atoms with van der Waals surface area (Å²) in [6.07, 6.45) is 0. The van der Waals surface area contributed by atoms with E-state index in [1.165, 1.54) is 5.56 Å². The van der Waals surface area contributed by atoms with Gasteiger partial charge in [-0.1, -0.05) is 60.7 Å². The van der Waals surface area contributed by atoms with Gasteiger partial charge < -0.3 is 10.4 Å². The molecule has 4 heteroatoms. The van der Waals surface area contributed by atoms with Crippen molar-refractivity contribution in [1.82, 2.24) is 9.78 Å². The molecule has 0 atom stereocenters. The highest BCUT2D eigenvalue weighted by molar-refractivity contribution is 5.63. The van der Waals surface area contributed by atoms with Crippen molar-refractivity contribution < 1.29 is 5.11 Å². The van der Waals surface area contributed by atoms with E-state index in [4.69, 9.17) is 0 Å². The molecule has 112 valence electrons. The molecule has 0 amide bonds. The molecule has 4 nitrogen and oxygen atoms in total. The fraction of sp³-hybridized carbons (Fsp3) is 0.167. The van der Waals surface area contributed by atoms with Crippen molar-refractivity contribution in [2.45, 2.75) is 13.1 Å². The summed E-state index contributed by atoms with van der Waals surface area (Å²) in [5, 5.41) is 17.2. The van der Waals surface area contributed by atoms with Crippen molar-refractivity contribution in [3.63, 3.8) is 0 Å². The number of nitrogens with one attached hydrogen (secondary N) is 1. The van der Waals surface area contributed by atoms with Gasteiger partial charge in [-0.15, -0.1) is 0 Å². The summed E-state index contributed by atoms with van der Waals surface area (Å²) in [7, 11) is 0. The number of rotatable bonds is 6. The van der Waals surface area contributed by atoms with Crippen LogP contribution in [-0.2, 0) is 13.1 Å². The van der Waals surface area contributed by atoms with Crippen molar-refractivity contribution in [3.05, 3.63) is 72.3 Å².